The molecule has 0 bridgehead atoms. The van der Waals surface area contributed by atoms with Crippen LogP contribution in [0, 0.1) is 6.92 Å². The van der Waals surface area contributed by atoms with Gasteiger partial charge in [-0.2, -0.15) is 0 Å². The molecule has 0 aromatic heterocycles. The molecule has 0 aliphatic carbocycles. The van der Waals surface area contributed by atoms with Gasteiger partial charge in [-0.3, -0.25) is 14.6 Å². The third-order valence-electron chi connectivity index (χ3n) is 5.60. The lowest BCUT2D eigenvalue weighted by Crippen LogP contribution is -2.49. The summed E-state index contributed by atoms with van der Waals surface area (Å²) in [5.41, 5.74) is 4.75. The van der Waals surface area contributed by atoms with E-state index in [0.717, 1.165) is 49.7 Å². The molecule has 30 heavy (non-hydrogen) atoms. The first kappa shape index (κ1) is 22.1. The molecule has 1 saturated heterocycles. The Morgan fingerprint density at radius 3 is 2.33 bits per heavy atom. The van der Waals surface area contributed by atoms with E-state index < -0.39 is 0 Å². The van der Waals surface area contributed by atoms with Gasteiger partial charge in [0, 0.05) is 64.6 Å². The summed E-state index contributed by atoms with van der Waals surface area (Å²) in [5.74, 6) is 1.03. The third kappa shape index (κ3) is 6.21. The molecule has 6 nitrogen and oxygen atoms in total. The maximum absolute atomic E-state index is 12.4. The molecule has 0 unspecified atom stereocenters. The van der Waals surface area contributed by atoms with E-state index in [0.29, 0.717) is 13.1 Å². The first-order valence-corrected chi connectivity index (χ1v) is 10.6. The normalized spacial score (nSPS) is 15.1. The van der Waals surface area contributed by atoms with Crippen LogP contribution in [0.15, 0.2) is 42.5 Å². The van der Waals surface area contributed by atoms with Crippen molar-refractivity contribution in [2.75, 3.05) is 58.8 Å². The summed E-state index contributed by atoms with van der Waals surface area (Å²) in [6, 6.07) is 14.6. The molecule has 0 saturated carbocycles. The number of aryl methyl sites for hydroxylation is 1. The Labute approximate surface area is 180 Å². The Morgan fingerprint density at radius 1 is 1.03 bits per heavy atom. The minimum Gasteiger partial charge on any atom is -0.496 e. The summed E-state index contributed by atoms with van der Waals surface area (Å²) >= 11 is 0. The topological polar surface area (TPSA) is 48.1 Å². The molecule has 6 heteroatoms. The van der Waals surface area contributed by atoms with E-state index in [2.05, 4.69) is 63.3 Å². The van der Waals surface area contributed by atoms with Gasteiger partial charge in [0.05, 0.1) is 13.7 Å². The zero-order valence-corrected chi connectivity index (χ0v) is 18.6. The van der Waals surface area contributed by atoms with Crippen molar-refractivity contribution in [1.29, 1.82) is 0 Å². The molecule has 3 rings (SSSR count). The Hall–Kier alpha value is -2.57. The van der Waals surface area contributed by atoms with Crippen LogP contribution in [0.25, 0.3) is 0 Å². The second-order valence-electron chi connectivity index (χ2n) is 8.21. The van der Waals surface area contributed by atoms with E-state index in [1.807, 2.05) is 20.2 Å². The van der Waals surface area contributed by atoms with Gasteiger partial charge in [-0.05, 0) is 30.7 Å². The molecule has 1 heterocycles. The molecule has 1 amide bonds. The van der Waals surface area contributed by atoms with Crippen molar-refractivity contribution >= 4 is 11.6 Å². The Kier molecular flexibility index (Phi) is 7.71. The quantitative estimate of drug-likeness (QED) is 0.725. The number of ether oxygens (including phenoxy) is 1. The van der Waals surface area contributed by atoms with Gasteiger partial charge >= 0.3 is 0 Å². The number of hydrogen-bond acceptors (Lipinski definition) is 5. The molecular formula is C24H34N4O2. The molecule has 1 fully saturated rings. The summed E-state index contributed by atoms with van der Waals surface area (Å²) < 4.78 is 5.50. The minimum atomic E-state index is 0.0838. The average Bonchev–Trinajstić information content (AvgIpc) is 2.74. The van der Waals surface area contributed by atoms with Crippen molar-refractivity contribution < 1.29 is 9.53 Å². The van der Waals surface area contributed by atoms with Crippen LogP contribution in [0.4, 0.5) is 5.69 Å². The van der Waals surface area contributed by atoms with Crippen LogP contribution in [0.2, 0.25) is 0 Å². The Bertz CT molecular complexity index is 828. The van der Waals surface area contributed by atoms with E-state index in [9.17, 15) is 4.79 Å². The fourth-order valence-electron chi connectivity index (χ4n) is 3.75. The number of carbonyl (C=O) groups is 1. The second-order valence-corrected chi connectivity index (χ2v) is 8.21. The number of benzene rings is 2. The zero-order valence-electron chi connectivity index (χ0n) is 18.6. The van der Waals surface area contributed by atoms with E-state index in [1.165, 1.54) is 11.1 Å². The molecule has 162 valence electrons. The lowest BCUT2D eigenvalue weighted by molar-refractivity contribution is -0.122. The number of methoxy groups -OCH3 is 1. The molecule has 0 radical (unpaired) electrons. The van der Waals surface area contributed by atoms with E-state index in [-0.39, 0.29) is 5.91 Å². The molecule has 0 atom stereocenters. The van der Waals surface area contributed by atoms with Gasteiger partial charge in [-0.1, -0.05) is 29.8 Å². The molecule has 2 aromatic carbocycles. The van der Waals surface area contributed by atoms with E-state index in [4.69, 9.17) is 4.74 Å². The average molecular weight is 411 g/mol. The SMILES string of the molecule is COc1ccc(C)cc1CN1CCN(CC(=O)NCc2ccc(N(C)C)cc2)CC1. The highest BCUT2D eigenvalue weighted by atomic mass is 16.5. The van der Waals surface area contributed by atoms with Gasteiger partial charge in [0.2, 0.25) is 5.91 Å². The predicted octanol–water partition coefficient (Wildman–Crippen LogP) is 2.50. The summed E-state index contributed by atoms with van der Waals surface area (Å²) in [6.45, 7) is 7.73. The lowest BCUT2D eigenvalue weighted by Gasteiger charge is -2.34. The maximum atomic E-state index is 12.4. The second kappa shape index (κ2) is 10.5. The number of anilines is 1. The van der Waals surface area contributed by atoms with Crippen LogP contribution in [0.1, 0.15) is 16.7 Å². The Morgan fingerprint density at radius 2 is 1.70 bits per heavy atom. The van der Waals surface area contributed by atoms with Crippen LogP contribution in [0.5, 0.6) is 5.75 Å². The fourth-order valence-corrected chi connectivity index (χ4v) is 3.75. The summed E-state index contributed by atoms with van der Waals surface area (Å²) in [6.07, 6.45) is 0. The number of carbonyl (C=O) groups excluding carboxylic acids is 1. The van der Waals surface area contributed by atoms with E-state index in [1.54, 1.807) is 7.11 Å². The highest BCUT2D eigenvalue weighted by molar-refractivity contribution is 5.78. The molecular weight excluding hydrogens is 376 g/mol. The van der Waals surface area contributed by atoms with Gasteiger partial charge < -0.3 is 15.0 Å². The highest BCUT2D eigenvalue weighted by Crippen LogP contribution is 2.22. The molecule has 0 spiro atoms. The van der Waals surface area contributed by atoms with Crippen LogP contribution in [-0.4, -0.2) is 69.6 Å². The number of hydrogen-bond donors (Lipinski definition) is 1. The first-order chi connectivity index (χ1) is 14.4. The minimum absolute atomic E-state index is 0.0838. The number of nitrogens with one attached hydrogen (secondary N) is 1. The number of nitrogens with zero attached hydrogens (tertiary/aromatic N) is 3. The van der Waals surface area contributed by atoms with Crippen molar-refractivity contribution in [1.82, 2.24) is 15.1 Å². The monoisotopic (exact) mass is 410 g/mol. The Balaban J connectivity index is 1.41. The largest absolute Gasteiger partial charge is 0.496 e. The number of piperazine rings is 1. The highest BCUT2D eigenvalue weighted by Gasteiger charge is 2.20. The lowest BCUT2D eigenvalue weighted by atomic mass is 10.1. The maximum Gasteiger partial charge on any atom is 0.234 e. The standard InChI is InChI=1S/C24H34N4O2/c1-19-5-10-23(30-4)21(15-19)17-27-11-13-28(14-12-27)18-24(29)25-16-20-6-8-22(9-7-20)26(2)3/h5-10,15H,11-14,16-18H2,1-4H3,(H,25,29). The summed E-state index contributed by atoms with van der Waals surface area (Å²) in [7, 11) is 5.77. The van der Waals surface area contributed by atoms with Gasteiger partial charge in [0.15, 0.2) is 0 Å². The zero-order chi connectivity index (χ0) is 21.5. The predicted molar refractivity (Wildman–Crippen MR) is 122 cm³/mol. The van der Waals surface area contributed by atoms with Crippen molar-refractivity contribution in [2.24, 2.45) is 0 Å². The summed E-state index contributed by atoms with van der Waals surface area (Å²) in [5, 5.41) is 3.04. The summed E-state index contributed by atoms with van der Waals surface area (Å²) in [4.78, 5) is 19.1. The van der Waals surface area contributed by atoms with E-state index >= 15 is 0 Å². The van der Waals surface area contributed by atoms with Gasteiger partial charge in [-0.15, -0.1) is 0 Å². The number of amides is 1. The van der Waals surface area contributed by atoms with Crippen LogP contribution in [-0.2, 0) is 17.9 Å². The van der Waals surface area contributed by atoms with Gasteiger partial charge in [-0.25, -0.2) is 0 Å². The molecule has 1 aliphatic heterocycles. The first-order valence-electron chi connectivity index (χ1n) is 10.6. The van der Waals surface area contributed by atoms with Gasteiger partial charge in [0.25, 0.3) is 0 Å². The molecule has 1 aliphatic rings. The van der Waals surface area contributed by atoms with Crippen LogP contribution in [0.3, 0.4) is 0 Å². The third-order valence-corrected chi connectivity index (χ3v) is 5.60. The van der Waals surface area contributed by atoms with Crippen molar-refractivity contribution in [3.63, 3.8) is 0 Å². The number of rotatable bonds is 8. The van der Waals surface area contributed by atoms with Crippen molar-refractivity contribution in [3.8, 4) is 5.75 Å². The van der Waals surface area contributed by atoms with Crippen LogP contribution < -0.4 is 15.0 Å². The van der Waals surface area contributed by atoms with Crippen molar-refractivity contribution in [2.45, 2.75) is 20.0 Å². The van der Waals surface area contributed by atoms with Crippen molar-refractivity contribution in [3.05, 3.63) is 59.2 Å². The molecule has 1 N–H and O–H groups in total. The molecule has 2 aromatic rings. The van der Waals surface area contributed by atoms with Gasteiger partial charge in [0.1, 0.15) is 5.75 Å². The van der Waals surface area contributed by atoms with Crippen LogP contribution >= 0.6 is 0 Å². The smallest absolute Gasteiger partial charge is 0.234 e. The fraction of sp³-hybridized carbons (Fsp3) is 0.458.